The number of benzene rings is 2. The summed E-state index contributed by atoms with van der Waals surface area (Å²) < 4.78 is 1.90. The zero-order chi connectivity index (χ0) is 23.4. The van der Waals surface area contributed by atoms with Crippen molar-refractivity contribution in [3.05, 3.63) is 69.0 Å². The molecule has 1 atom stereocenters. The van der Waals surface area contributed by atoms with Crippen LogP contribution in [0.25, 0.3) is 5.69 Å². The van der Waals surface area contributed by atoms with E-state index in [0.717, 1.165) is 11.5 Å². The third kappa shape index (κ3) is 5.26. The van der Waals surface area contributed by atoms with E-state index in [9.17, 15) is 14.9 Å². The second kappa shape index (κ2) is 10.1. The number of carbonyl (C=O) groups is 1. The number of rotatable bonds is 8. The highest BCUT2D eigenvalue weighted by Crippen LogP contribution is 2.28. The molecule has 9 nitrogen and oxygen atoms in total. The van der Waals surface area contributed by atoms with Crippen LogP contribution in [0.2, 0.25) is 5.02 Å². The van der Waals surface area contributed by atoms with E-state index in [0.29, 0.717) is 21.4 Å². The molecular weight excluding hydrogens is 452 g/mol. The largest absolute Gasteiger partial charge is 0.325 e. The number of hydrogen-bond acceptors (Lipinski definition) is 7. The summed E-state index contributed by atoms with van der Waals surface area (Å²) in [6.07, 6.45) is 0. The van der Waals surface area contributed by atoms with E-state index in [1.807, 2.05) is 42.6 Å². The van der Waals surface area contributed by atoms with Crippen molar-refractivity contribution in [2.75, 3.05) is 25.2 Å². The molecule has 0 saturated heterocycles. The zero-order valence-corrected chi connectivity index (χ0v) is 19.6. The Morgan fingerprint density at radius 1 is 1.25 bits per heavy atom. The molecule has 3 rings (SSSR count). The van der Waals surface area contributed by atoms with Crippen molar-refractivity contribution in [2.45, 2.75) is 25.0 Å². The molecule has 0 aliphatic heterocycles. The third-order valence-electron chi connectivity index (χ3n) is 5.00. The van der Waals surface area contributed by atoms with E-state index in [1.165, 1.54) is 17.8 Å². The van der Waals surface area contributed by atoms with Gasteiger partial charge in [0.15, 0.2) is 11.0 Å². The molecule has 0 saturated carbocycles. The highest BCUT2D eigenvalue weighted by Gasteiger charge is 2.22. The van der Waals surface area contributed by atoms with E-state index in [4.69, 9.17) is 11.6 Å². The Morgan fingerprint density at radius 3 is 2.56 bits per heavy atom. The Hall–Kier alpha value is -2.95. The lowest BCUT2D eigenvalue weighted by atomic mass is 10.1. The normalized spacial score (nSPS) is 12.1. The summed E-state index contributed by atoms with van der Waals surface area (Å²) in [6, 6.07) is 11.9. The maximum Gasteiger partial charge on any atom is 0.274 e. The number of halogens is 1. The van der Waals surface area contributed by atoms with Crippen LogP contribution in [0.15, 0.2) is 47.6 Å². The average molecular weight is 475 g/mol. The van der Waals surface area contributed by atoms with Crippen LogP contribution in [-0.4, -0.2) is 50.3 Å². The van der Waals surface area contributed by atoms with Gasteiger partial charge in [0.25, 0.3) is 5.69 Å². The fourth-order valence-electron chi connectivity index (χ4n) is 2.98. The first-order valence-corrected chi connectivity index (χ1v) is 11.1. The van der Waals surface area contributed by atoms with Crippen molar-refractivity contribution in [2.24, 2.45) is 0 Å². The van der Waals surface area contributed by atoms with E-state index < -0.39 is 4.92 Å². The van der Waals surface area contributed by atoms with Crippen molar-refractivity contribution < 1.29 is 9.72 Å². The quantitative estimate of drug-likeness (QED) is 0.291. The topological polar surface area (TPSA) is 106 Å². The molecule has 2 aromatic carbocycles. The van der Waals surface area contributed by atoms with E-state index in [-0.39, 0.29) is 23.4 Å². The van der Waals surface area contributed by atoms with E-state index in [1.54, 1.807) is 31.2 Å². The summed E-state index contributed by atoms with van der Waals surface area (Å²) in [5.74, 6) is 0.491. The van der Waals surface area contributed by atoms with Gasteiger partial charge >= 0.3 is 0 Å². The summed E-state index contributed by atoms with van der Waals surface area (Å²) in [7, 11) is 3.90. The van der Waals surface area contributed by atoms with Crippen LogP contribution in [0.5, 0.6) is 0 Å². The molecule has 0 spiro atoms. The zero-order valence-electron chi connectivity index (χ0n) is 18.1. The van der Waals surface area contributed by atoms with Gasteiger partial charge in [-0.25, -0.2) is 0 Å². The summed E-state index contributed by atoms with van der Waals surface area (Å²) in [4.78, 5) is 25.2. The summed E-state index contributed by atoms with van der Waals surface area (Å²) in [5, 5.41) is 23.7. The first kappa shape index (κ1) is 23.7. The molecule has 0 aliphatic rings. The van der Waals surface area contributed by atoms with Crippen LogP contribution in [0, 0.1) is 17.0 Å². The summed E-state index contributed by atoms with van der Waals surface area (Å²) in [5.41, 5.74) is 1.61. The molecule has 32 heavy (non-hydrogen) atoms. The molecule has 168 valence electrons. The molecule has 3 aromatic rings. The van der Waals surface area contributed by atoms with Gasteiger partial charge in [0.2, 0.25) is 5.91 Å². The van der Waals surface area contributed by atoms with Gasteiger partial charge in [0.05, 0.1) is 28.0 Å². The minimum Gasteiger partial charge on any atom is -0.325 e. The summed E-state index contributed by atoms with van der Waals surface area (Å²) >= 11 is 7.27. The minimum absolute atomic E-state index is 0.0196. The van der Waals surface area contributed by atoms with Crippen molar-refractivity contribution in [3.8, 4) is 5.69 Å². The number of nitrogens with one attached hydrogen (secondary N) is 1. The first-order valence-electron chi connectivity index (χ1n) is 9.73. The number of hydrogen-bond donors (Lipinski definition) is 1. The SMILES string of the molecule is Cc1c(NC(=O)CSc2nnc(C(C)N(C)C)n2-c2ccc(Cl)cc2)cccc1[N+](=O)[O-]. The van der Waals surface area contributed by atoms with Crippen molar-refractivity contribution in [3.63, 3.8) is 0 Å². The van der Waals surface area contributed by atoms with Gasteiger partial charge in [-0.2, -0.15) is 0 Å². The molecule has 0 aliphatic carbocycles. The molecular formula is C21H23ClN6O3S. The number of aromatic nitrogens is 3. The second-order valence-corrected chi connectivity index (χ2v) is 8.71. The predicted octanol–water partition coefficient (Wildman–Crippen LogP) is 4.49. The van der Waals surface area contributed by atoms with Gasteiger partial charge in [0.1, 0.15) is 0 Å². The number of nitro benzene ring substituents is 1. The van der Waals surface area contributed by atoms with Crippen LogP contribution in [0.3, 0.4) is 0 Å². The van der Waals surface area contributed by atoms with Crippen LogP contribution in [0.1, 0.15) is 24.4 Å². The van der Waals surface area contributed by atoms with Gasteiger partial charge in [-0.3, -0.25) is 24.4 Å². The monoisotopic (exact) mass is 474 g/mol. The first-order chi connectivity index (χ1) is 15.2. The Morgan fingerprint density at radius 2 is 1.94 bits per heavy atom. The lowest BCUT2D eigenvalue weighted by molar-refractivity contribution is -0.385. The maximum absolute atomic E-state index is 12.6. The minimum atomic E-state index is -0.470. The van der Waals surface area contributed by atoms with Crippen LogP contribution in [-0.2, 0) is 4.79 Å². The number of carbonyl (C=O) groups excluding carboxylic acids is 1. The lowest BCUT2D eigenvalue weighted by Gasteiger charge is -2.20. The van der Waals surface area contributed by atoms with Crippen molar-refractivity contribution >= 4 is 40.6 Å². The molecule has 0 fully saturated rings. The molecule has 1 N–H and O–H groups in total. The Labute approximate surface area is 194 Å². The highest BCUT2D eigenvalue weighted by molar-refractivity contribution is 7.99. The fourth-order valence-corrected chi connectivity index (χ4v) is 3.87. The van der Waals surface area contributed by atoms with Crippen LogP contribution < -0.4 is 5.32 Å². The van der Waals surface area contributed by atoms with Crippen molar-refractivity contribution in [1.82, 2.24) is 19.7 Å². The summed E-state index contributed by atoms with van der Waals surface area (Å²) in [6.45, 7) is 3.62. The smallest absolute Gasteiger partial charge is 0.274 e. The molecule has 1 aromatic heterocycles. The van der Waals surface area contributed by atoms with Gasteiger partial charge in [-0.05, 0) is 58.3 Å². The predicted molar refractivity (Wildman–Crippen MR) is 126 cm³/mol. The molecule has 1 heterocycles. The number of nitrogens with zero attached hydrogens (tertiary/aromatic N) is 5. The average Bonchev–Trinajstić information content (AvgIpc) is 3.17. The number of nitro groups is 1. The Bertz CT molecular complexity index is 1130. The van der Waals surface area contributed by atoms with Gasteiger partial charge in [-0.15, -0.1) is 10.2 Å². The molecule has 0 bridgehead atoms. The number of anilines is 1. The molecule has 0 radical (unpaired) electrons. The Balaban J connectivity index is 1.82. The van der Waals surface area contributed by atoms with Gasteiger partial charge in [-0.1, -0.05) is 29.4 Å². The van der Waals surface area contributed by atoms with Gasteiger partial charge in [0, 0.05) is 16.8 Å². The van der Waals surface area contributed by atoms with Gasteiger partial charge < -0.3 is 5.32 Å². The molecule has 1 amide bonds. The Kier molecular flexibility index (Phi) is 7.49. The standard InChI is InChI=1S/C21H23ClN6O3S/c1-13-17(6-5-7-18(13)28(30)31)23-19(29)12-32-21-25-24-20(14(2)26(3)4)27(21)16-10-8-15(22)9-11-16/h5-11,14H,12H2,1-4H3,(H,23,29). The van der Waals surface area contributed by atoms with Crippen LogP contribution >= 0.6 is 23.4 Å². The molecule has 1 unspecified atom stereocenters. The van der Waals surface area contributed by atoms with Crippen LogP contribution in [0.4, 0.5) is 11.4 Å². The second-order valence-electron chi connectivity index (χ2n) is 7.34. The highest BCUT2D eigenvalue weighted by atomic mass is 35.5. The third-order valence-corrected chi connectivity index (χ3v) is 6.18. The van der Waals surface area contributed by atoms with E-state index in [2.05, 4.69) is 15.5 Å². The van der Waals surface area contributed by atoms with E-state index >= 15 is 0 Å². The number of amides is 1. The maximum atomic E-state index is 12.6. The molecule has 11 heteroatoms. The number of thioether (sulfide) groups is 1. The lowest BCUT2D eigenvalue weighted by Crippen LogP contribution is -2.21. The van der Waals surface area contributed by atoms with Crippen molar-refractivity contribution in [1.29, 1.82) is 0 Å². The fraction of sp³-hybridized carbons (Fsp3) is 0.286.